The number of nitrogens with zero attached hydrogens (tertiary/aromatic N) is 2. The van der Waals surface area contributed by atoms with Gasteiger partial charge in [0.2, 0.25) is 5.91 Å². The molecule has 2 bridgehead atoms. The monoisotopic (exact) mass is 348 g/mol. The normalized spacial score (nSPS) is 33.9. The molecule has 2 atom stereocenters. The van der Waals surface area contributed by atoms with Gasteiger partial charge in [-0.25, -0.2) is 10.2 Å². The van der Waals surface area contributed by atoms with Crippen molar-refractivity contribution in [3.8, 4) is 0 Å². The third kappa shape index (κ3) is 2.64. The molecule has 1 aliphatic heterocycles. The van der Waals surface area contributed by atoms with Crippen molar-refractivity contribution in [3.63, 3.8) is 0 Å². The molecule has 7 heteroatoms. The molecule has 1 heterocycles. The number of nitrogens with one attached hydrogen (secondary N) is 2. The van der Waals surface area contributed by atoms with Gasteiger partial charge >= 0.3 is 6.03 Å². The standard InChI is InChI=1S/C18H28N4O3/c1-16(2)11-6-8-18(16,5)12(10-11)20-21-13(23)7-9-22-14(24)17(3,4)19-15(22)25/h11H,6-10H2,1-5H3,(H,19,25)(H,21,23)/b20-12-/t11-,18-/m0/s1. The number of hydrogen-bond donors (Lipinski definition) is 2. The van der Waals surface area contributed by atoms with Crippen molar-refractivity contribution in [2.24, 2.45) is 21.8 Å². The van der Waals surface area contributed by atoms with Gasteiger partial charge in [-0.05, 0) is 44.4 Å². The first kappa shape index (κ1) is 17.9. The summed E-state index contributed by atoms with van der Waals surface area (Å²) < 4.78 is 0. The van der Waals surface area contributed by atoms with Crippen molar-refractivity contribution < 1.29 is 14.4 Å². The van der Waals surface area contributed by atoms with Crippen molar-refractivity contribution in [1.29, 1.82) is 0 Å². The molecule has 0 radical (unpaired) electrons. The average Bonchev–Trinajstić information content (AvgIpc) is 2.94. The molecule has 0 aromatic carbocycles. The van der Waals surface area contributed by atoms with Crippen LogP contribution in [0.3, 0.4) is 0 Å². The molecule has 0 aromatic rings. The van der Waals surface area contributed by atoms with E-state index in [1.165, 1.54) is 6.42 Å². The minimum absolute atomic E-state index is 0.0414. The lowest BCUT2D eigenvalue weighted by atomic mass is 9.70. The summed E-state index contributed by atoms with van der Waals surface area (Å²) in [6.07, 6.45) is 3.32. The molecule has 0 spiro atoms. The van der Waals surface area contributed by atoms with Crippen LogP contribution in [0.25, 0.3) is 0 Å². The van der Waals surface area contributed by atoms with Crippen LogP contribution in [0.1, 0.15) is 60.3 Å². The van der Waals surface area contributed by atoms with E-state index in [1.54, 1.807) is 13.8 Å². The molecule has 3 fully saturated rings. The first-order valence-electron chi connectivity index (χ1n) is 8.99. The van der Waals surface area contributed by atoms with Crippen LogP contribution in [0.5, 0.6) is 0 Å². The molecule has 2 N–H and O–H groups in total. The molecule has 25 heavy (non-hydrogen) atoms. The van der Waals surface area contributed by atoms with Crippen molar-refractivity contribution >= 4 is 23.6 Å². The van der Waals surface area contributed by atoms with E-state index in [1.807, 2.05) is 0 Å². The minimum Gasteiger partial charge on any atom is -0.324 e. The molecule has 2 saturated carbocycles. The topological polar surface area (TPSA) is 90.9 Å². The Labute approximate surface area is 148 Å². The Balaban J connectivity index is 1.56. The highest BCUT2D eigenvalue weighted by molar-refractivity contribution is 6.06. The molecular weight excluding hydrogens is 320 g/mol. The van der Waals surface area contributed by atoms with Crippen LogP contribution in [0.2, 0.25) is 0 Å². The molecule has 3 rings (SSSR count). The Morgan fingerprint density at radius 3 is 2.44 bits per heavy atom. The first-order valence-corrected chi connectivity index (χ1v) is 8.99. The van der Waals surface area contributed by atoms with Gasteiger partial charge in [-0.2, -0.15) is 5.10 Å². The van der Waals surface area contributed by atoms with E-state index in [0.29, 0.717) is 5.92 Å². The summed E-state index contributed by atoms with van der Waals surface area (Å²) in [5, 5.41) is 7.00. The van der Waals surface area contributed by atoms with Gasteiger partial charge < -0.3 is 5.32 Å². The lowest BCUT2D eigenvalue weighted by Gasteiger charge is -2.34. The highest BCUT2D eigenvalue weighted by Crippen LogP contribution is 2.63. The maximum atomic E-state index is 12.1. The van der Waals surface area contributed by atoms with Crippen LogP contribution in [0.15, 0.2) is 5.10 Å². The van der Waals surface area contributed by atoms with E-state index >= 15 is 0 Å². The molecule has 0 aromatic heterocycles. The number of urea groups is 1. The maximum Gasteiger partial charge on any atom is 0.325 e. The number of carbonyl (C=O) groups is 3. The van der Waals surface area contributed by atoms with Gasteiger partial charge in [0.1, 0.15) is 5.54 Å². The van der Waals surface area contributed by atoms with Crippen LogP contribution in [-0.2, 0) is 9.59 Å². The van der Waals surface area contributed by atoms with Gasteiger partial charge in [0, 0.05) is 24.1 Å². The SMILES string of the molecule is CC1(C)NC(=O)N(CCC(=O)N/N=C2/C[C@@H]3CC[C@]2(C)C3(C)C)C1=O. The average molecular weight is 348 g/mol. The van der Waals surface area contributed by atoms with Gasteiger partial charge in [-0.15, -0.1) is 0 Å². The summed E-state index contributed by atoms with van der Waals surface area (Å²) >= 11 is 0. The fourth-order valence-electron chi connectivity index (χ4n) is 4.52. The van der Waals surface area contributed by atoms with Crippen LogP contribution >= 0.6 is 0 Å². The van der Waals surface area contributed by atoms with Crippen molar-refractivity contribution in [1.82, 2.24) is 15.6 Å². The van der Waals surface area contributed by atoms with Crippen molar-refractivity contribution in [2.45, 2.75) is 65.8 Å². The molecule has 4 amide bonds. The van der Waals surface area contributed by atoms with E-state index < -0.39 is 11.6 Å². The fourth-order valence-corrected chi connectivity index (χ4v) is 4.52. The number of carbonyl (C=O) groups excluding carboxylic acids is 3. The predicted octanol–water partition coefficient (Wildman–Crippen LogP) is 2.03. The lowest BCUT2D eigenvalue weighted by molar-refractivity contribution is -0.130. The largest absolute Gasteiger partial charge is 0.325 e. The number of hydrogen-bond acceptors (Lipinski definition) is 4. The van der Waals surface area contributed by atoms with Crippen LogP contribution in [-0.4, -0.2) is 40.5 Å². The number of hydrazone groups is 1. The lowest BCUT2D eigenvalue weighted by Crippen LogP contribution is -2.40. The maximum absolute atomic E-state index is 12.1. The molecule has 3 aliphatic rings. The third-order valence-electron chi connectivity index (χ3n) is 6.83. The van der Waals surface area contributed by atoms with Gasteiger partial charge in [-0.3, -0.25) is 14.5 Å². The Morgan fingerprint density at radius 2 is 1.96 bits per heavy atom. The minimum atomic E-state index is -0.906. The van der Waals surface area contributed by atoms with Gasteiger partial charge in [0.25, 0.3) is 5.91 Å². The van der Waals surface area contributed by atoms with Crippen molar-refractivity contribution in [2.75, 3.05) is 6.54 Å². The Morgan fingerprint density at radius 1 is 1.28 bits per heavy atom. The summed E-state index contributed by atoms with van der Waals surface area (Å²) in [5.74, 6) is 0.0438. The molecule has 0 unspecified atom stereocenters. The highest BCUT2D eigenvalue weighted by Gasteiger charge is 2.60. The number of imide groups is 1. The number of amides is 4. The Kier molecular flexibility index (Phi) is 3.96. The summed E-state index contributed by atoms with van der Waals surface area (Å²) in [5.41, 5.74) is 3.04. The van der Waals surface area contributed by atoms with Gasteiger partial charge in [-0.1, -0.05) is 20.8 Å². The quantitative estimate of drug-likeness (QED) is 0.601. The smallest absolute Gasteiger partial charge is 0.324 e. The van der Waals surface area contributed by atoms with Crippen molar-refractivity contribution in [3.05, 3.63) is 0 Å². The van der Waals surface area contributed by atoms with E-state index in [-0.39, 0.29) is 35.6 Å². The highest BCUT2D eigenvalue weighted by atomic mass is 16.2. The molecule has 2 aliphatic carbocycles. The predicted molar refractivity (Wildman–Crippen MR) is 93.7 cm³/mol. The third-order valence-corrected chi connectivity index (χ3v) is 6.83. The first-order chi connectivity index (χ1) is 11.5. The summed E-state index contributed by atoms with van der Waals surface area (Å²) in [6.45, 7) is 10.2. The fraction of sp³-hybridized carbons (Fsp3) is 0.778. The molecule has 138 valence electrons. The van der Waals surface area contributed by atoms with E-state index in [9.17, 15) is 14.4 Å². The summed E-state index contributed by atoms with van der Waals surface area (Å²) in [6, 6.07) is -0.448. The van der Waals surface area contributed by atoms with Crippen LogP contribution in [0.4, 0.5) is 4.79 Å². The Hall–Kier alpha value is -1.92. The molecule has 7 nitrogen and oxygen atoms in total. The van der Waals surface area contributed by atoms with Crippen LogP contribution in [0, 0.1) is 16.7 Å². The van der Waals surface area contributed by atoms with E-state index in [0.717, 1.165) is 23.5 Å². The second kappa shape index (κ2) is 5.54. The second-order valence-electron chi connectivity index (χ2n) is 8.85. The zero-order valence-corrected chi connectivity index (χ0v) is 15.7. The second-order valence-corrected chi connectivity index (χ2v) is 8.85. The number of rotatable bonds is 4. The molecule has 1 saturated heterocycles. The Bertz CT molecular complexity index is 667. The number of fused-ring (bicyclic) bond motifs is 2. The van der Waals surface area contributed by atoms with Gasteiger partial charge in [0.15, 0.2) is 0 Å². The molecular formula is C18H28N4O3. The van der Waals surface area contributed by atoms with Crippen LogP contribution < -0.4 is 10.7 Å². The summed E-state index contributed by atoms with van der Waals surface area (Å²) in [7, 11) is 0. The zero-order valence-electron chi connectivity index (χ0n) is 15.7. The zero-order chi connectivity index (χ0) is 18.6. The van der Waals surface area contributed by atoms with E-state index in [4.69, 9.17) is 0 Å². The van der Waals surface area contributed by atoms with Gasteiger partial charge in [0.05, 0.1) is 0 Å². The summed E-state index contributed by atoms with van der Waals surface area (Å²) in [4.78, 5) is 37.1. The van der Waals surface area contributed by atoms with E-state index in [2.05, 4.69) is 36.6 Å².